The van der Waals surface area contributed by atoms with Crippen LogP contribution in [0.15, 0.2) is 53.4 Å². The number of hydrogen-bond acceptors (Lipinski definition) is 6. The predicted molar refractivity (Wildman–Crippen MR) is 116 cm³/mol. The van der Waals surface area contributed by atoms with E-state index in [1.165, 1.54) is 31.2 Å². The lowest BCUT2D eigenvalue weighted by Crippen LogP contribution is -2.27. The molecule has 0 aromatic heterocycles. The van der Waals surface area contributed by atoms with Crippen molar-refractivity contribution in [3.05, 3.63) is 54.1 Å². The van der Waals surface area contributed by atoms with Gasteiger partial charge in [-0.2, -0.15) is 8.42 Å². The largest absolute Gasteiger partial charge is 0.378 e. The molecule has 0 aliphatic carbocycles. The van der Waals surface area contributed by atoms with E-state index in [0.29, 0.717) is 17.9 Å². The van der Waals surface area contributed by atoms with Gasteiger partial charge in [0.25, 0.3) is 10.1 Å². The summed E-state index contributed by atoms with van der Waals surface area (Å²) >= 11 is 1.09. The van der Waals surface area contributed by atoms with Crippen LogP contribution in [0.3, 0.4) is 0 Å². The van der Waals surface area contributed by atoms with Crippen LogP contribution in [-0.2, 0) is 26.1 Å². The van der Waals surface area contributed by atoms with Gasteiger partial charge in [0.1, 0.15) is 0 Å². The Labute approximate surface area is 175 Å². The first-order chi connectivity index (χ1) is 13.6. The summed E-state index contributed by atoms with van der Waals surface area (Å²) in [6.07, 6.45) is 0.461. The molecule has 1 amide bonds. The molecule has 0 heterocycles. The standard InChI is InChI=1S/C20H24N2O5S2/c1-14(23)28-13-16(12-15-4-8-18(9-5-15)22(2)3)20(24)21-17-6-10-19(11-7-17)29(25,26)27/h4-11,16H,12-13H2,1-3H3,(H,21,24)(H,25,26,27). The van der Waals surface area contributed by atoms with Gasteiger partial charge in [-0.1, -0.05) is 23.9 Å². The Balaban J connectivity index is 2.13. The molecule has 1 atom stereocenters. The second kappa shape index (κ2) is 9.91. The lowest BCUT2D eigenvalue weighted by atomic mass is 9.99. The molecule has 29 heavy (non-hydrogen) atoms. The molecule has 2 aromatic rings. The Bertz CT molecular complexity index is 955. The van der Waals surface area contributed by atoms with Gasteiger partial charge in [0.2, 0.25) is 5.91 Å². The summed E-state index contributed by atoms with van der Waals surface area (Å²) in [5, 5.41) is 2.68. The number of thioether (sulfide) groups is 1. The second-order valence-corrected chi connectivity index (χ2v) is 9.37. The first-order valence-electron chi connectivity index (χ1n) is 8.84. The van der Waals surface area contributed by atoms with Crippen LogP contribution in [0.25, 0.3) is 0 Å². The third-order valence-corrected chi connectivity index (χ3v) is 6.06. The van der Waals surface area contributed by atoms with E-state index in [1.54, 1.807) is 0 Å². The van der Waals surface area contributed by atoms with Crippen molar-refractivity contribution in [2.75, 3.05) is 30.1 Å². The quantitative estimate of drug-likeness (QED) is 0.613. The van der Waals surface area contributed by atoms with E-state index in [-0.39, 0.29) is 15.9 Å². The Kier molecular flexibility index (Phi) is 7.83. The van der Waals surface area contributed by atoms with Crippen LogP contribution >= 0.6 is 11.8 Å². The fraction of sp³-hybridized carbons (Fsp3) is 0.300. The highest BCUT2D eigenvalue weighted by Crippen LogP contribution is 2.21. The van der Waals surface area contributed by atoms with Gasteiger partial charge in [-0.3, -0.25) is 14.1 Å². The van der Waals surface area contributed by atoms with Gasteiger partial charge in [-0.15, -0.1) is 0 Å². The van der Waals surface area contributed by atoms with Gasteiger partial charge in [0.05, 0.1) is 10.8 Å². The SMILES string of the molecule is CC(=O)SCC(Cc1ccc(N(C)C)cc1)C(=O)Nc1ccc(S(=O)(=O)O)cc1. The minimum atomic E-state index is -4.29. The van der Waals surface area contributed by atoms with Crippen LogP contribution in [-0.4, -0.2) is 43.8 Å². The molecule has 7 nitrogen and oxygen atoms in total. The van der Waals surface area contributed by atoms with E-state index in [4.69, 9.17) is 4.55 Å². The Morgan fingerprint density at radius 1 is 1.07 bits per heavy atom. The molecule has 0 spiro atoms. The second-order valence-electron chi connectivity index (χ2n) is 6.75. The average molecular weight is 437 g/mol. The van der Waals surface area contributed by atoms with Gasteiger partial charge in [0, 0.05) is 38.1 Å². The zero-order valence-electron chi connectivity index (χ0n) is 16.5. The maximum absolute atomic E-state index is 12.8. The van der Waals surface area contributed by atoms with E-state index in [0.717, 1.165) is 23.0 Å². The fourth-order valence-electron chi connectivity index (χ4n) is 2.61. The molecule has 9 heteroatoms. The van der Waals surface area contributed by atoms with E-state index in [1.807, 2.05) is 43.3 Å². The summed E-state index contributed by atoms with van der Waals surface area (Å²) in [6, 6.07) is 13.1. The molecule has 0 aliphatic heterocycles. The van der Waals surface area contributed by atoms with E-state index in [9.17, 15) is 18.0 Å². The zero-order chi connectivity index (χ0) is 21.6. The van der Waals surface area contributed by atoms with Gasteiger partial charge in [0.15, 0.2) is 5.12 Å². The Morgan fingerprint density at radius 3 is 2.14 bits per heavy atom. The summed E-state index contributed by atoms with van der Waals surface area (Å²) in [7, 11) is -0.397. The summed E-state index contributed by atoms with van der Waals surface area (Å²) in [4.78, 5) is 25.9. The van der Waals surface area contributed by atoms with Gasteiger partial charge < -0.3 is 10.2 Å². The molecule has 0 radical (unpaired) electrons. The van der Waals surface area contributed by atoms with Crippen LogP contribution in [0.1, 0.15) is 12.5 Å². The normalized spacial score (nSPS) is 12.3. The predicted octanol–water partition coefficient (Wildman–Crippen LogP) is 3.08. The minimum Gasteiger partial charge on any atom is -0.378 e. The van der Waals surface area contributed by atoms with E-state index >= 15 is 0 Å². The summed E-state index contributed by atoms with van der Waals surface area (Å²) < 4.78 is 31.3. The molecule has 156 valence electrons. The van der Waals surface area contributed by atoms with Crippen molar-refractivity contribution >= 4 is 44.3 Å². The number of carbonyl (C=O) groups is 2. The van der Waals surface area contributed by atoms with Crippen LogP contribution in [0, 0.1) is 5.92 Å². The highest BCUT2D eigenvalue weighted by Gasteiger charge is 2.21. The maximum Gasteiger partial charge on any atom is 0.294 e. The number of nitrogens with zero attached hydrogens (tertiary/aromatic N) is 1. The zero-order valence-corrected chi connectivity index (χ0v) is 18.1. The smallest absolute Gasteiger partial charge is 0.294 e. The molecule has 0 aliphatic rings. The fourth-order valence-corrected chi connectivity index (χ4v) is 3.80. The number of hydrogen-bond donors (Lipinski definition) is 2. The number of anilines is 2. The van der Waals surface area contributed by atoms with Crippen LogP contribution < -0.4 is 10.2 Å². The van der Waals surface area contributed by atoms with Crippen molar-refractivity contribution in [2.24, 2.45) is 5.92 Å². The number of rotatable bonds is 8. The minimum absolute atomic E-state index is 0.0664. The Hall–Kier alpha value is -2.36. The molecule has 1 unspecified atom stereocenters. The molecule has 0 fully saturated rings. The number of carbonyl (C=O) groups excluding carboxylic acids is 2. The van der Waals surface area contributed by atoms with Crippen molar-refractivity contribution < 1.29 is 22.6 Å². The molecule has 2 aromatic carbocycles. The third kappa shape index (κ3) is 7.19. The molecular formula is C20H24N2O5S2. The van der Waals surface area contributed by atoms with Crippen molar-refractivity contribution in [3.8, 4) is 0 Å². The van der Waals surface area contributed by atoms with Gasteiger partial charge in [-0.25, -0.2) is 0 Å². The summed E-state index contributed by atoms with van der Waals surface area (Å²) in [6.45, 7) is 1.46. The maximum atomic E-state index is 12.8. The molecule has 2 rings (SSSR count). The number of benzene rings is 2. The number of nitrogens with one attached hydrogen (secondary N) is 1. The molecule has 2 N–H and O–H groups in total. The monoisotopic (exact) mass is 436 g/mol. The average Bonchev–Trinajstić information content (AvgIpc) is 2.65. The molecule has 0 bridgehead atoms. The summed E-state index contributed by atoms with van der Waals surface area (Å²) in [5.41, 5.74) is 2.43. The third-order valence-electron chi connectivity index (χ3n) is 4.21. The number of amides is 1. The lowest BCUT2D eigenvalue weighted by Gasteiger charge is -2.17. The first kappa shape index (κ1) is 22.9. The van der Waals surface area contributed by atoms with E-state index in [2.05, 4.69) is 5.32 Å². The molecular weight excluding hydrogens is 412 g/mol. The first-order valence-corrected chi connectivity index (χ1v) is 11.3. The van der Waals surface area contributed by atoms with Crippen molar-refractivity contribution in [2.45, 2.75) is 18.2 Å². The highest BCUT2D eigenvalue weighted by molar-refractivity contribution is 8.13. The lowest BCUT2D eigenvalue weighted by molar-refractivity contribution is -0.119. The highest BCUT2D eigenvalue weighted by atomic mass is 32.2. The van der Waals surface area contributed by atoms with Crippen LogP contribution in [0.2, 0.25) is 0 Å². The molecule has 0 saturated carbocycles. The summed E-state index contributed by atoms with van der Waals surface area (Å²) in [5.74, 6) is -0.384. The topological polar surface area (TPSA) is 104 Å². The van der Waals surface area contributed by atoms with Gasteiger partial charge >= 0.3 is 0 Å². The van der Waals surface area contributed by atoms with Gasteiger partial charge in [-0.05, 0) is 48.4 Å². The molecule has 0 saturated heterocycles. The van der Waals surface area contributed by atoms with Crippen LogP contribution in [0.5, 0.6) is 0 Å². The van der Waals surface area contributed by atoms with E-state index < -0.39 is 16.0 Å². The van der Waals surface area contributed by atoms with Crippen molar-refractivity contribution in [1.29, 1.82) is 0 Å². The van der Waals surface area contributed by atoms with Crippen molar-refractivity contribution in [1.82, 2.24) is 0 Å². The Morgan fingerprint density at radius 2 is 1.66 bits per heavy atom. The van der Waals surface area contributed by atoms with Crippen LogP contribution in [0.4, 0.5) is 11.4 Å². The van der Waals surface area contributed by atoms with Crippen molar-refractivity contribution in [3.63, 3.8) is 0 Å².